The molecule has 41 heavy (non-hydrogen) atoms. The highest BCUT2D eigenvalue weighted by molar-refractivity contribution is 7.91. The second kappa shape index (κ2) is 12.1. The lowest BCUT2D eigenvalue weighted by molar-refractivity contribution is -0.162. The molecule has 1 saturated carbocycles. The van der Waals surface area contributed by atoms with Gasteiger partial charge in [0.1, 0.15) is 4.21 Å². The average molecular weight is 636 g/mol. The summed E-state index contributed by atoms with van der Waals surface area (Å²) in [6, 6.07) is 17.3. The van der Waals surface area contributed by atoms with Crippen LogP contribution in [-0.2, 0) is 24.3 Å². The van der Waals surface area contributed by atoms with Gasteiger partial charge in [-0.2, -0.15) is 0 Å². The molecule has 2 unspecified atom stereocenters. The minimum Gasteiger partial charge on any atom is -0.469 e. The third-order valence-electron chi connectivity index (χ3n) is 8.12. The Bertz CT molecular complexity index is 1510. The van der Waals surface area contributed by atoms with E-state index in [1.165, 1.54) is 7.11 Å². The number of carbonyl (C=O) groups is 2. The van der Waals surface area contributed by atoms with Crippen LogP contribution in [-0.4, -0.2) is 44.9 Å². The summed E-state index contributed by atoms with van der Waals surface area (Å²) in [5.41, 5.74) is 0.724. The van der Waals surface area contributed by atoms with Gasteiger partial charge in [0.2, 0.25) is 15.9 Å². The summed E-state index contributed by atoms with van der Waals surface area (Å²) < 4.78 is 34.3. The van der Waals surface area contributed by atoms with Crippen molar-refractivity contribution in [1.82, 2.24) is 9.62 Å². The molecular weight excluding hydrogens is 603 g/mol. The molecule has 5 rings (SSSR count). The average Bonchev–Trinajstić information content (AvgIpc) is 3.62. The number of carbonyl (C=O) groups excluding carboxylic acids is 2. The number of hydrogen-bond acceptors (Lipinski definition) is 6. The van der Waals surface area contributed by atoms with E-state index in [1.807, 2.05) is 35.2 Å². The maximum Gasteiger partial charge on any atom is 0.306 e. The summed E-state index contributed by atoms with van der Waals surface area (Å²) in [5, 5.41) is 2.85. The second-order valence-electron chi connectivity index (χ2n) is 11.1. The third-order valence-corrected chi connectivity index (χ3v) is 11.4. The minimum absolute atomic E-state index is 0.0529. The number of thiophene rings is 1. The van der Waals surface area contributed by atoms with Gasteiger partial charge in [-0.25, -0.2) is 13.1 Å². The van der Waals surface area contributed by atoms with Gasteiger partial charge in [0.25, 0.3) is 0 Å². The first kappa shape index (κ1) is 30.0. The van der Waals surface area contributed by atoms with Gasteiger partial charge in [0, 0.05) is 28.5 Å². The van der Waals surface area contributed by atoms with Gasteiger partial charge in [-0.05, 0) is 72.0 Å². The molecule has 2 aromatic carbocycles. The van der Waals surface area contributed by atoms with Crippen molar-refractivity contribution in [2.45, 2.75) is 54.8 Å². The van der Waals surface area contributed by atoms with Crippen LogP contribution in [0.15, 0.2) is 70.3 Å². The van der Waals surface area contributed by atoms with Crippen molar-refractivity contribution in [3.63, 3.8) is 0 Å². The molecule has 2 heterocycles. The lowest BCUT2D eigenvalue weighted by atomic mass is 9.67. The van der Waals surface area contributed by atoms with Crippen LogP contribution in [0.25, 0.3) is 0 Å². The van der Waals surface area contributed by atoms with Crippen LogP contribution in [0.2, 0.25) is 10.0 Å². The number of piperidine rings is 1. The lowest BCUT2D eigenvalue weighted by Gasteiger charge is -2.52. The van der Waals surface area contributed by atoms with E-state index < -0.39 is 33.5 Å². The Morgan fingerprint density at radius 3 is 2.44 bits per heavy atom. The van der Waals surface area contributed by atoms with E-state index in [1.54, 1.807) is 42.6 Å². The van der Waals surface area contributed by atoms with E-state index in [4.69, 9.17) is 27.9 Å². The first-order chi connectivity index (χ1) is 19.5. The molecule has 1 amide bonds. The fourth-order valence-electron chi connectivity index (χ4n) is 5.96. The Balaban J connectivity index is 1.63. The topological polar surface area (TPSA) is 92.8 Å². The van der Waals surface area contributed by atoms with Gasteiger partial charge < -0.3 is 9.64 Å². The molecule has 0 bridgehead atoms. The smallest absolute Gasteiger partial charge is 0.306 e. The fraction of sp³-hybridized carbons (Fsp3) is 0.400. The number of sulfonamides is 1. The van der Waals surface area contributed by atoms with Crippen molar-refractivity contribution in [2.75, 3.05) is 13.7 Å². The molecule has 0 radical (unpaired) electrons. The zero-order valence-electron chi connectivity index (χ0n) is 22.8. The number of nitrogens with one attached hydrogen (secondary N) is 1. The number of likely N-dealkylation sites (tertiary alicyclic amines) is 1. The van der Waals surface area contributed by atoms with E-state index in [2.05, 4.69) is 4.72 Å². The molecular formula is C30H32Cl2N2O5S2. The fourth-order valence-corrected chi connectivity index (χ4v) is 8.37. The number of nitrogens with zero attached hydrogens (tertiary/aromatic N) is 1. The number of amides is 1. The highest BCUT2D eigenvalue weighted by atomic mass is 35.5. The Morgan fingerprint density at radius 1 is 1.10 bits per heavy atom. The summed E-state index contributed by atoms with van der Waals surface area (Å²) in [6.45, 7) is 1.85. The Hall–Kier alpha value is -2.43. The van der Waals surface area contributed by atoms with Crippen LogP contribution >= 0.6 is 34.5 Å². The van der Waals surface area contributed by atoms with Crippen molar-refractivity contribution < 1.29 is 22.7 Å². The van der Waals surface area contributed by atoms with Crippen LogP contribution in [0, 0.1) is 11.3 Å². The summed E-state index contributed by atoms with van der Waals surface area (Å²) in [6.07, 6.45) is 2.03. The van der Waals surface area contributed by atoms with Crippen LogP contribution in [0.5, 0.6) is 0 Å². The number of esters is 1. The number of ether oxygens (including phenoxy) is 1. The molecule has 218 valence electrons. The standard InChI is InChI=1S/C30H32Cl2N2O5S2/c1-30(17-26(35)39-2)16-24(21-5-3-6-23(32)15-21)28(20-10-12-22(31)13-11-20)34(29(30)36)25(19-8-9-19)18-33-41(37,38)27-7-4-14-40-27/h3-7,10-15,19,24-25,28,33H,8-9,16-18H2,1-2H3/t24?,25?,28-,30-/m1/s1. The number of halogens is 2. The normalized spacial score (nSPS) is 23.8. The van der Waals surface area contributed by atoms with Crippen LogP contribution in [0.1, 0.15) is 55.7 Å². The molecule has 11 heteroatoms. The van der Waals surface area contributed by atoms with E-state index in [0.29, 0.717) is 16.5 Å². The summed E-state index contributed by atoms with van der Waals surface area (Å²) >= 11 is 13.8. The van der Waals surface area contributed by atoms with Crippen molar-refractivity contribution in [1.29, 1.82) is 0 Å². The molecule has 0 spiro atoms. The zero-order valence-corrected chi connectivity index (χ0v) is 25.9. The molecule has 1 N–H and O–H groups in total. The number of hydrogen-bond donors (Lipinski definition) is 1. The highest BCUT2D eigenvalue weighted by Gasteiger charge is 2.54. The van der Waals surface area contributed by atoms with Gasteiger partial charge in [-0.15, -0.1) is 11.3 Å². The van der Waals surface area contributed by atoms with Crippen molar-refractivity contribution >= 4 is 56.4 Å². The molecule has 1 aliphatic carbocycles. The van der Waals surface area contributed by atoms with Gasteiger partial charge in [-0.1, -0.05) is 60.5 Å². The molecule has 1 aromatic heterocycles. The SMILES string of the molecule is COC(=O)C[C@@]1(C)CC(c2cccc(Cl)c2)[C@@H](c2ccc(Cl)cc2)N(C(CNS(=O)(=O)c2cccs2)C2CC2)C1=O. The van der Waals surface area contributed by atoms with E-state index in [-0.39, 0.29) is 34.9 Å². The van der Waals surface area contributed by atoms with E-state index in [0.717, 1.165) is 35.3 Å². The molecule has 7 nitrogen and oxygen atoms in total. The van der Waals surface area contributed by atoms with Gasteiger partial charge in [0.15, 0.2) is 0 Å². The molecule has 1 aliphatic heterocycles. The van der Waals surface area contributed by atoms with Gasteiger partial charge in [0.05, 0.1) is 25.0 Å². The van der Waals surface area contributed by atoms with E-state index >= 15 is 0 Å². The lowest BCUT2D eigenvalue weighted by Crippen LogP contribution is -2.59. The minimum atomic E-state index is -3.76. The molecule has 2 fully saturated rings. The van der Waals surface area contributed by atoms with Crippen LogP contribution in [0.4, 0.5) is 0 Å². The predicted molar refractivity (Wildman–Crippen MR) is 161 cm³/mol. The van der Waals surface area contributed by atoms with Crippen molar-refractivity contribution in [2.24, 2.45) is 11.3 Å². The number of methoxy groups -OCH3 is 1. The van der Waals surface area contributed by atoms with E-state index in [9.17, 15) is 18.0 Å². The molecule has 2 aliphatic rings. The monoisotopic (exact) mass is 634 g/mol. The zero-order chi connectivity index (χ0) is 29.4. The Labute approximate surface area is 254 Å². The van der Waals surface area contributed by atoms with Crippen molar-refractivity contribution in [3.8, 4) is 0 Å². The maximum atomic E-state index is 14.6. The third kappa shape index (κ3) is 6.49. The molecule has 1 saturated heterocycles. The summed E-state index contributed by atoms with van der Waals surface area (Å²) in [5.74, 6) is -0.803. The largest absolute Gasteiger partial charge is 0.469 e. The summed E-state index contributed by atoms with van der Waals surface area (Å²) in [4.78, 5) is 29.1. The quantitative estimate of drug-likeness (QED) is 0.259. The second-order valence-corrected chi connectivity index (χ2v) is 14.9. The van der Waals surface area contributed by atoms with Crippen LogP contribution < -0.4 is 4.72 Å². The Morgan fingerprint density at radius 2 is 1.83 bits per heavy atom. The Kier molecular flexibility index (Phi) is 8.83. The molecule has 3 aromatic rings. The van der Waals surface area contributed by atoms with Crippen LogP contribution in [0.3, 0.4) is 0 Å². The predicted octanol–water partition coefficient (Wildman–Crippen LogP) is 6.44. The molecule has 4 atom stereocenters. The maximum absolute atomic E-state index is 14.6. The van der Waals surface area contributed by atoms with Gasteiger partial charge in [-0.3, -0.25) is 9.59 Å². The number of rotatable bonds is 10. The first-order valence-corrected chi connectivity index (χ1v) is 16.6. The van der Waals surface area contributed by atoms with Crippen molar-refractivity contribution in [3.05, 3.63) is 87.2 Å². The highest BCUT2D eigenvalue weighted by Crippen LogP contribution is 2.54. The first-order valence-electron chi connectivity index (χ1n) is 13.5. The number of benzene rings is 2. The summed E-state index contributed by atoms with van der Waals surface area (Å²) in [7, 11) is -2.45. The van der Waals surface area contributed by atoms with Gasteiger partial charge >= 0.3 is 5.97 Å².